The highest BCUT2D eigenvalue weighted by atomic mass is 16.2. The van der Waals surface area contributed by atoms with Crippen molar-refractivity contribution < 1.29 is 4.79 Å². The van der Waals surface area contributed by atoms with Crippen LogP contribution in [0, 0.1) is 19.8 Å². The van der Waals surface area contributed by atoms with Crippen LogP contribution in [-0.2, 0) is 11.3 Å². The van der Waals surface area contributed by atoms with E-state index in [0.717, 1.165) is 38.1 Å². The van der Waals surface area contributed by atoms with Gasteiger partial charge in [0.2, 0.25) is 5.91 Å². The summed E-state index contributed by atoms with van der Waals surface area (Å²) in [4.78, 5) is 20.0. The van der Waals surface area contributed by atoms with Gasteiger partial charge >= 0.3 is 0 Å². The molecule has 3 saturated heterocycles. The Kier molecular flexibility index (Phi) is 5.84. The third-order valence-electron chi connectivity index (χ3n) is 6.77. The molecule has 1 aromatic rings. The summed E-state index contributed by atoms with van der Waals surface area (Å²) in [5.41, 5.74) is 3.83. The summed E-state index contributed by atoms with van der Waals surface area (Å²) < 4.78 is 0. The molecule has 0 radical (unpaired) electrons. The fourth-order valence-corrected chi connectivity index (χ4v) is 5.58. The number of piperazine rings is 1. The zero-order valence-electron chi connectivity index (χ0n) is 17.1. The average molecular weight is 370 g/mol. The zero-order chi connectivity index (χ0) is 18.8. The van der Waals surface area contributed by atoms with Crippen molar-refractivity contribution in [1.29, 1.82) is 0 Å². The number of hydrogen-bond acceptors (Lipinski definition) is 3. The first-order valence-electron chi connectivity index (χ1n) is 10.9. The molecule has 4 heteroatoms. The van der Waals surface area contributed by atoms with Crippen molar-refractivity contribution in [3.05, 3.63) is 34.9 Å². The van der Waals surface area contributed by atoms with Crippen molar-refractivity contribution >= 4 is 5.91 Å². The smallest absolute Gasteiger partial charge is 0.237 e. The van der Waals surface area contributed by atoms with Gasteiger partial charge in [-0.25, -0.2) is 0 Å². The molecular formula is C23H35N3O. The molecule has 0 unspecified atom stereocenters. The van der Waals surface area contributed by atoms with Gasteiger partial charge in [0.25, 0.3) is 0 Å². The van der Waals surface area contributed by atoms with E-state index in [0.29, 0.717) is 12.5 Å². The largest absolute Gasteiger partial charge is 0.336 e. The average Bonchev–Trinajstić information content (AvgIpc) is 2.63. The minimum absolute atomic E-state index is 0.303. The maximum absolute atomic E-state index is 12.8. The minimum atomic E-state index is 0.303. The van der Waals surface area contributed by atoms with Crippen molar-refractivity contribution in [2.24, 2.45) is 5.92 Å². The third kappa shape index (κ3) is 4.55. The fraction of sp³-hybridized carbons (Fsp3) is 0.696. The topological polar surface area (TPSA) is 26.8 Å². The lowest BCUT2D eigenvalue weighted by Crippen LogP contribution is -2.55. The van der Waals surface area contributed by atoms with E-state index in [9.17, 15) is 4.79 Å². The van der Waals surface area contributed by atoms with Crippen LogP contribution in [0.25, 0.3) is 0 Å². The number of benzene rings is 1. The van der Waals surface area contributed by atoms with Gasteiger partial charge in [-0.1, -0.05) is 35.7 Å². The molecule has 148 valence electrons. The first kappa shape index (κ1) is 18.9. The van der Waals surface area contributed by atoms with Gasteiger partial charge in [0.1, 0.15) is 0 Å². The number of aryl methyl sites for hydroxylation is 2. The molecule has 0 aromatic heterocycles. The summed E-state index contributed by atoms with van der Waals surface area (Å²) in [6.07, 6.45) is 6.81. The summed E-state index contributed by atoms with van der Waals surface area (Å²) in [6, 6.07) is 7.40. The molecule has 0 saturated carbocycles. The molecule has 3 aliphatic heterocycles. The highest BCUT2D eigenvalue weighted by molar-refractivity contribution is 5.79. The number of hydrogen-bond donors (Lipinski definition) is 0. The second-order valence-electron chi connectivity index (χ2n) is 9.05. The number of nitrogens with zero attached hydrogens (tertiary/aromatic N) is 3. The Balaban J connectivity index is 1.32. The molecular weight excluding hydrogens is 334 g/mol. The minimum Gasteiger partial charge on any atom is -0.336 e. The van der Waals surface area contributed by atoms with Crippen molar-refractivity contribution in [2.75, 3.05) is 39.3 Å². The van der Waals surface area contributed by atoms with Crippen LogP contribution in [0.2, 0.25) is 0 Å². The van der Waals surface area contributed by atoms with Crippen LogP contribution in [0.15, 0.2) is 18.2 Å². The normalized spacial score (nSPS) is 27.6. The van der Waals surface area contributed by atoms with E-state index in [2.05, 4.69) is 46.7 Å². The van der Waals surface area contributed by atoms with Gasteiger partial charge in [0, 0.05) is 32.2 Å². The number of piperidine rings is 2. The maximum Gasteiger partial charge on any atom is 0.237 e. The Morgan fingerprint density at radius 1 is 0.926 bits per heavy atom. The molecule has 1 aromatic carbocycles. The molecule has 2 atom stereocenters. The number of rotatable bonds is 4. The van der Waals surface area contributed by atoms with E-state index >= 15 is 0 Å². The van der Waals surface area contributed by atoms with E-state index in [1.807, 2.05) is 0 Å². The third-order valence-corrected chi connectivity index (χ3v) is 6.77. The van der Waals surface area contributed by atoms with Gasteiger partial charge in [-0.3, -0.25) is 9.69 Å². The first-order chi connectivity index (χ1) is 13.1. The van der Waals surface area contributed by atoms with Gasteiger partial charge in [-0.15, -0.1) is 0 Å². The first-order valence-corrected chi connectivity index (χ1v) is 10.9. The predicted molar refractivity (Wildman–Crippen MR) is 110 cm³/mol. The molecule has 4 rings (SSSR count). The molecule has 0 spiro atoms. The van der Waals surface area contributed by atoms with Crippen LogP contribution in [0.3, 0.4) is 0 Å². The zero-order valence-corrected chi connectivity index (χ0v) is 17.1. The van der Waals surface area contributed by atoms with Crippen molar-refractivity contribution in [3.8, 4) is 0 Å². The molecule has 0 aliphatic carbocycles. The molecule has 27 heavy (non-hydrogen) atoms. The summed E-state index contributed by atoms with van der Waals surface area (Å²) >= 11 is 0. The lowest BCUT2D eigenvalue weighted by molar-refractivity contribution is -0.137. The van der Waals surface area contributed by atoms with Crippen LogP contribution in [0.5, 0.6) is 0 Å². The highest BCUT2D eigenvalue weighted by Crippen LogP contribution is 2.31. The van der Waals surface area contributed by atoms with E-state index in [-0.39, 0.29) is 0 Å². The summed E-state index contributed by atoms with van der Waals surface area (Å²) in [5, 5.41) is 0. The van der Waals surface area contributed by atoms with Gasteiger partial charge in [0.15, 0.2) is 0 Å². The van der Waals surface area contributed by atoms with Gasteiger partial charge < -0.3 is 9.80 Å². The van der Waals surface area contributed by atoms with E-state index in [1.54, 1.807) is 0 Å². The van der Waals surface area contributed by atoms with Gasteiger partial charge in [0.05, 0.1) is 6.54 Å². The van der Waals surface area contributed by atoms with Crippen LogP contribution in [0.4, 0.5) is 0 Å². The Hall–Kier alpha value is -1.39. The molecule has 1 amide bonds. The molecule has 4 nitrogen and oxygen atoms in total. The van der Waals surface area contributed by atoms with E-state index < -0.39 is 0 Å². The van der Waals surface area contributed by atoms with E-state index in [4.69, 9.17) is 0 Å². The van der Waals surface area contributed by atoms with Crippen LogP contribution < -0.4 is 0 Å². The summed E-state index contributed by atoms with van der Waals surface area (Å²) in [5.74, 6) is 1.06. The Bertz CT molecular complexity index is 651. The lowest BCUT2D eigenvalue weighted by Gasteiger charge is -2.46. The Morgan fingerprint density at radius 2 is 1.70 bits per heavy atom. The maximum atomic E-state index is 12.8. The van der Waals surface area contributed by atoms with E-state index in [1.165, 1.54) is 61.9 Å². The second kappa shape index (κ2) is 8.32. The Labute approximate surface area is 164 Å². The van der Waals surface area contributed by atoms with Crippen LogP contribution >= 0.6 is 0 Å². The molecule has 3 fully saturated rings. The standard InChI is InChI=1S/C23H35N3O/c1-18-12-19(2)14-20(13-18)15-26-11-10-24(17-23(26)27)16-21-6-5-9-25-8-4-3-7-22(21)25/h12-14,21-22H,3-11,15-17H2,1-2H3/t21-,22+/m0/s1. The van der Waals surface area contributed by atoms with Crippen molar-refractivity contribution in [3.63, 3.8) is 0 Å². The number of carbonyl (C=O) groups is 1. The van der Waals surface area contributed by atoms with Gasteiger partial charge in [-0.05, 0) is 64.1 Å². The number of amides is 1. The monoisotopic (exact) mass is 369 g/mol. The van der Waals surface area contributed by atoms with Crippen molar-refractivity contribution in [2.45, 2.75) is 58.5 Å². The summed E-state index contributed by atoms with van der Waals surface area (Å²) in [7, 11) is 0. The molecule has 3 aliphatic rings. The quantitative estimate of drug-likeness (QED) is 0.815. The lowest BCUT2D eigenvalue weighted by atomic mass is 9.83. The number of fused-ring (bicyclic) bond motifs is 1. The SMILES string of the molecule is Cc1cc(C)cc(CN2CCN(C[C@@H]3CCCN4CCCC[C@H]34)CC2=O)c1. The van der Waals surface area contributed by atoms with Crippen LogP contribution in [0.1, 0.15) is 48.8 Å². The predicted octanol–water partition coefficient (Wildman–Crippen LogP) is 3.21. The molecule has 0 N–H and O–H groups in total. The van der Waals surface area contributed by atoms with Gasteiger partial charge in [-0.2, -0.15) is 0 Å². The molecule has 3 heterocycles. The fourth-order valence-electron chi connectivity index (χ4n) is 5.58. The highest BCUT2D eigenvalue weighted by Gasteiger charge is 2.35. The van der Waals surface area contributed by atoms with Crippen molar-refractivity contribution in [1.82, 2.24) is 14.7 Å². The Morgan fingerprint density at radius 3 is 2.48 bits per heavy atom. The number of carbonyl (C=O) groups excluding carboxylic acids is 1. The van der Waals surface area contributed by atoms with Crippen LogP contribution in [-0.4, -0.2) is 65.9 Å². The molecule has 0 bridgehead atoms. The second-order valence-corrected chi connectivity index (χ2v) is 9.05. The summed E-state index contributed by atoms with van der Waals surface area (Å²) in [6.45, 7) is 11.2.